The second-order valence-electron chi connectivity index (χ2n) is 6.60. The normalized spacial score (nSPS) is 21.9. The number of rotatable bonds is 1. The number of hydrogen-bond donors (Lipinski definition) is 0. The molecule has 0 saturated carbocycles. The summed E-state index contributed by atoms with van der Waals surface area (Å²) < 4.78 is 1.18. The SMILES string of the molecule is Cc1c(Br)cccc1N1C=C2SC(C(C)(C)C)C=C2C1. The Labute approximate surface area is 134 Å². The second-order valence-corrected chi connectivity index (χ2v) is 8.64. The molecule has 0 saturated heterocycles. The Bertz CT molecular complexity index is 610. The van der Waals surface area contributed by atoms with Gasteiger partial charge in [-0.05, 0) is 35.6 Å². The van der Waals surface area contributed by atoms with Gasteiger partial charge in [-0.1, -0.05) is 48.8 Å². The molecule has 20 heavy (non-hydrogen) atoms. The summed E-state index contributed by atoms with van der Waals surface area (Å²) in [7, 11) is 0. The van der Waals surface area contributed by atoms with Gasteiger partial charge in [0.15, 0.2) is 0 Å². The third-order valence-electron chi connectivity index (χ3n) is 3.94. The predicted molar refractivity (Wildman–Crippen MR) is 93.2 cm³/mol. The van der Waals surface area contributed by atoms with Crippen molar-refractivity contribution in [2.45, 2.75) is 32.9 Å². The van der Waals surface area contributed by atoms with Crippen LogP contribution in [0.2, 0.25) is 0 Å². The Kier molecular flexibility index (Phi) is 3.54. The highest BCUT2D eigenvalue weighted by atomic mass is 79.9. The van der Waals surface area contributed by atoms with Crippen LogP contribution in [-0.4, -0.2) is 11.8 Å². The van der Waals surface area contributed by atoms with Gasteiger partial charge in [0.05, 0.1) is 0 Å². The van der Waals surface area contributed by atoms with Gasteiger partial charge in [-0.2, -0.15) is 0 Å². The maximum Gasteiger partial charge on any atom is 0.0485 e. The monoisotopic (exact) mass is 349 g/mol. The van der Waals surface area contributed by atoms with Gasteiger partial charge >= 0.3 is 0 Å². The molecule has 2 heterocycles. The topological polar surface area (TPSA) is 3.24 Å². The molecule has 0 fully saturated rings. The summed E-state index contributed by atoms with van der Waals surface area (Å²) in [6, 6.07) is 6.41. The molecule has 1 atom stereocenters. The van der Waals surface area contributed by atoms with Gasteiger partial charge in [-0.3, -0.25) is 0 Å². The third-order valence-corrected chi connectivity index (χ3v) is 6.52. The van der Waals surface area contributed by atoms with Crippen LogP contribution in [0.3, 0.4) is 0 Å². The summed E-state index contributed by atoms with van der Waals surface area (Å²) in [5, 5.41) is 0.606. The molecule has 106 valence electrons. The van der Waals surface area contributed by atoms with Gasteiger partial charge in [0.25, 0.3) is 0 Å². The van der Waals surface area contributed by atoms with E-state index in [1.807, 2.05) is 11.8 Å². The Balaban J connectivity index is 1.86. The van der Waals surface area contributed by atoms with Gasteiger partial charge in [-0.15, -0.1) is 11.8 Å². The highest BCUT2D eigenvalue weighted by Crippen LogP contribution is 2.48. The lowest BCUT2D eigenvalue weighted by molar-refractivity contribution is 0.434. The zero-order valence-corrected chi connectivity index (χ0v) is 14.8. The van der Waals surface area contributed by atoms with Gasteiger partial charge in [-0.25, -0.2) is 0 Å². The highest BCUT2D eigenvalue weighted by molar-refractivity contribution is 9.10. The van der Waals surface area contributed by atoms with Crippen LogP contribution >= 0.6 is 27.7 Å². The van der Waals surface area contributed by atoms with Crippen molar-refractivity contribution in [1.82, 2.24) is 0 Å². The Morgan fingerprint density at radius 1 is 1.30 bits per heavy atom. The van der Waals surface area contributed by atoms with E-state index in [0.717, 1.165) is 6.54 Å². The van der Waals surface area contributed by atoms with E-state index in [0.29, 0.717) is 10.7 Å². The molecule has 1 unspecified atom stereocenters. The average molecular weight is 350 g/mol. The lowest BCUT2D eigenvalue weighted by Gasteiger charge is -2.25. The third kappa shape index (κ3) is 2.46. The number of nitrogens with zero attached hydrogens (tertiary/aromatic N) is 1. The van der Waals surface area contributed by atoms with Gasteiger partial charge < -0.3 is 4.90 Å². The summed E-state index contributed by atoms with van der Waals surface area (Å²) in [6.45, 7) is 10.1. The zero-order chi connectivity index (χ0) is 14.5. The van der Waals surface area contributed by atoms with Crippen molar-refractivity contribution in [3.63, 3.8) is 0 Å². The first-order chi connectivity index (χ1) is 9.36. The molecule has 2 aliphatic rings. The second kappa shape index (κ2) is 4.96. The molecule has 1 aromatic carbocycles. The highest BCUT2D eigenvalue weighted by Gasteiger charge is 2.34. The van der Waals surface area contributed by atoms with Crippen LogP contribution in [0.1, 0.15) is 26.3 Å². The van der Waals surface area contributed by atoms with Crippen molar-refractivity contribution < 1.29 is 0 Å². The van der Waals surface area contributed by atoms with Crippen LogP contribution in [0, 0.1) is 12.3 Å². The van der Waals surface area contributed by atoms with Crippen LogP contribution in [0.15, 0.2) is 45.4 Å². The quantitative estimate of drug-likeness (QED) is 0.657. The smallest absolute Gasteiger partial charge is 0.0485 e. The fourth-order valence-corrected chi connectivity index (χ4v) is 4.30. The molecule has 2 aliphatic heterocycles. The largest absolute Gasteiger partial charge is 0.342 e. The predicted octanol–water partition coefficient (Wildman–Crippen LogP) is 5.51. The molecule has 0 aromatic heterocycles. The maximum atomic E-state index is 3.62. The molecule has 0 radical (unpaired) electrons. The Morgan fingerprint density at radius 2 is 2.05 bits per heavy atom. The van der Waals surface area contributed by atoms with E-state index in [2.05, 4.69) is 79.0 Å². The molecule has 0 amide bonds. The number of anilines is 1. The van der Waals surface area contributed by atoms with Gasteiger partial charge in [0.2, 0.25) is 0 Å². The van der Waals surface area contributed by atoms with E-state index in [-0.39, 0.29) is 0 Å². The van der Waals surface area contributed by atoms with E-state index in [9.17, 15) is 0 Å². The number of hydrogen-bond acceptors (Lipinski definition) is 2. The summed E-state index contributed by atoms with van der Waals surface area (Å²) in [6.07, 6.45) is 4.78. The Hall–Kier alpha value is -0.670. The molecule has 0 bridgehead atoms. The lowest BCUT2D eigenvalue weighted by atomic mass is 9.91. The van der Waals surface area contributed by atoms with Gasteiger partial charge in [0.1, 0.15) is 0 Å². The molecule has 1 nitrogen and oxygen atoms in total. The van der Waals surface area contributed by atoms with Crippen molar-refractivity contribution in [1.29, 1.82) is 0 Å². The molecule has 0 aliphatic carbocycles. The molecular formula is C17H20BrNS. The first-order valence-corrected chi connectivity index (χ1v) is 8.65. The minimum Gasteiger partial charge on any atom is -0.342 e. The summed E-state index contributed by atoms with van der Waals surface area (Å²) >= 11 is 5.63. The van der Waals surface area contributed by atoms with Crippen molar-refractivity contribution in [3.05, 3.63) is 51.0 Å². The number of halogens is 1. The molecule has 0 spiro atoms. The fourth-order valence-electron chi connectivity index (χ4n) is 2.61. The van der Waals surface area contributed by atoms with Crippen LogP contribution in [0.25, 0.3) is 0 Å². The molecule has 3 rings (SSSR count). The van der Waals surface area contributed by atoms with E-state index in [1.165, 1.54) is 26.2 Å². The molecule has 3 heteroatoms. The van der Waals surface area contributed by atoms with Crippen molar-refractivity contribution in [2.24, 2.45) is 5.41 Å². The summed E-state index contributed by atoms with van der Waals surface area (Å²) in [5.74, 6) is 0. The molecule has 1 aromatic rings. The first kappa shape index (κ1) is 14.3. The maximum absolute atomic E-state index is 3.62. The van der Waals surface area contributed by atoms with Crippen LogP contribution in [0.4, 0.5) is 5.69 Å². The zero-order valence-electron chi connectivity index (χ0n) is 12.4. The minimum atomic E-state index is 0.333. The van der Waals surface area contributed by atoms with E-state index >= 15 is 0 Å². The summed E-state index contributed by atoms with van der Waals surface area (Å²) in [5.41, 5.74) is 4.44. The first-order valence-electron chi connectivity index (χ1n) is 6.97. The van der Waals surface area contributed by atoms with Crippen molar-refractivity contribution >= 4 is 33.4 Å². The van der Waals surface area contributed by atoms with Gasteiger partial charge in [0, 0.05) is 33.1 Å². The average Bonchev–Trinajstić information content (AvgIpc) is 2.89. The summed E-state index contributed by atoms with van der Waals surface area (Å²) in [4.78, 5) is 3.82. The van der Waals surface area contributed by atoms with Crippen molar-refractivity contribution in [3.8, 4) is 0 Å². The standard InChI is InChI=1S/C17H20BrNS/c1-11-13(18)6-5-7-14(11)19-9-12-8-16(17(2,3)4)20-15(12)10-19/h5-8,10,16H,9H2,1-4H3. The van der Waals surface area contributed by atoms with Crippen LogP contribution < -0.4 is 4.90 Å². The van der Waals surface area contributed by atoms with E-state index < -0.39 is 0 Å². The Morgan fingerprint density at radius 3 is 2.70 bits per heavy atom. The lowest BCUT2D eigenvalue weighted by Crippen LogP contribution is -2.20. The minimum absolute atomic E-state index is 0.333. The van der Waals surface area contributed by atoms with Crippen LogP contribution in [0.5, 0.6) is 0 Å². The number of fused-ring (bicyclic) bond motifs is 1. The molecular weight excluding hydrogens is 330 g/mol. The van der Waals surface area contributed by atoms with Crippen molar-refractivity contribution in [2.75, 3.05) is 11.4 Å². The number of thioether (sulfide) groups is 1. The number of benzene rings is 1. The fraction of sp³-hybridized carbons (Fsp3) is 0.412. The molecule has 0 N–H and O–H groups in total. The van der Waals surface area contributed by atoms with E-state index in [4.69, 9.17) is 0 Å². The van der Waals surface area contributed by atoms with Crippen LogP contribution in [-0.2, 0) is 0 Å². The van der Waals surface area contributed by atoms with E-state index in [1.54, 1.807) is 0 Å².